The zero-order chi connectivity index (χ0) is 19.6. The molecule has 1 aliphatic heterocycles. The number of benzene rings is 1. The average Bonchev–Trinajstić information content (AvgIpc) is 3.08. The van der Waals surface area contributed by atoms with Gasteiger partial charge in [-0.15, -0.1) is 6.58 Å². The molecule has 0 aromatic heterocycles. The maximum atomic E-state index is 13.1. The highest BCUT2D eigenvalue weighted by Crippen LogP contribution is 2.52. The first-order valence-corrected chi connectivity index (χ1v) is 9.62. The zero-order valence-electron chi connectivity index (χ0n) is 16.0. The zero-order valence-corrected chi connectivity index (χ0v) is 16.0. The first-order valence-electron chi connectivity index (χ1n) is 9.62. The third-order valence-electron chi connectivity index (χ3n) is 5.46. The van der Waals surface area contributed by atoms with E-state index in [4.69, 9.17) is 5.73 Å². The highest BCUT2D eigenvalue weighted by molar-refractivity contribution is 6.07. The number of hydrogen-bond acceptors (Lipinski definition) is 3. The highest BCUT2D eigenvalue weighted by Gasteiger charge is 2.58. The number of amides is 2. The van der Waals surface area contributed by atoms with Crippen molar-refractivity contribution in [3.8, 4) is 0 Å². The number of fused-ring (bicyclic) bond motifs is 1. The van der Waals surface area contributed by atoms with E-state index >= 15 is 0 Å². The summed E-state index contributed by atoms with van der Waals surface area (Å²) in [6.07, 6.45) is 8.16. The van der Waals surface area contributed by atoms with Crippen molar-refractivity contribution in [1.29, 1.82) is 0 Å². The van der Waals surface area contributed by atoms with Crippen LogP contribution in [0.2, 0.25) is 0 Å². The Balaban J connectivity index is 2.03. The van der Waals surface area contributed by atoms with E-state index in [1.165, 1.54) is 4.90 Å². The molecule has 2 aliphatic rings. The molecule has 1 aromatic rings. The standard InChI is InChI=1S/C23H28N2O2/c1-4-17-19(14-15(2)3)18(11-10-16-8-6-5-7-9-16)21-20(17)22(26)25(13-12-24)23(21)27/h4-11,14-15,17-18,20-21H,1,12-13,24H2,2-3H3/t17-,18+,20+,21-/m0/s1. The number of allylic oxidation sites excluding steroid dienone is 4. The monoisotopic (exact) mass is 364 g/mol. The maximum absolute atomic E-state index is 13.1. The number of nitrogens with two attached hydrogens (primary N) is 1. The summed E-state index contributed by atoms with van der Waals surface area (Å²) in [5.74, 6) is -0.808. The van der Waals surface area contributed by atoms with Gasteiger partial charge in [0.25, 0.3) is 0 Å². The van der Waals surface area contributed by atoms with Crippen molar-refractivity contribution in [2.75, 3.05) is 13.1 Å². The van der Waals surface area contributed by atoms with E-state index in [0.29, 0.717) is 5.92 Å². The van der Waals surface area contributed by atoms with Crippen molar-refractivity contribution in [2.24, 2.45) is 35.3 Å². The molecule has 2 amide bonds. The molecule has 1 aromatic carbocycles. The molecule has 0 unspecified atom stereocenters. The third kappa shape index (κ3) is 3.54. The summed E-state index contributed by atoms with van der Waals surface area (Å²) < 4.78 is 0. The smallest absolute Gasteiger partial charge is 0.234 e. The quantitative estimate of drug-likeness (QED) is 0.622. The lowest BCUT2D eigenvalue weighted by Gasteiger charge is -2.21. The number of rotatable bonds is 6. The van der Waals surface area contributed by atoms with Gasteiger partial charge in [0.1, 0.15) is 0 Å². The third-order valence-corrected chi connectivity index (χ3v) is 5.46. The van der Waals surface area contributed by atoms with E-state index in [-0.39, 0.29) is 48.6 Å². The summed E-state index contributed by atoms with van der Waals surface area (Å²) in [5, 5.41) is 0. The second-order valence-corrected chi connectivity index (χ2v) is 7.64. The topological polar surface area (TPSA) is 63.4 Å². The Kier molecular flexibility index (Phi) is 5.76. The minimum absolute atomic E-state index is 0.0974. The van der Waals surface area contributed by atoms with Crippen molar-refractivity contribution in [3.05, 3.63) is 66.3 Å². The highest BCUT2D eigenvalue weighted by atomic mass is 16.2. The van der Waals surface area contributed by atoms with Crippen LogP contribution in [-0.4, -0.2) is 29.8 Å². The molecule has 0 spiro atoms. The average molecular weight is 364 g/mol. The molecule has 142 valence electrons. The SMILES string of the molecule is C=C[C@H]1C(=CC(C)C)[C@@H](C=Cc2ccccc2)[C@@H]2C(=O)N(CCN)C(=O)[C@@H]21. The summed E-state index contributed by atoms with van der Waals surface area (Å²) in [4.78, 5) is 27.4. The van der Waals surface area contributed by atoms with Gasteiger partial charge in [0.05, 0.1) is 11.8 Å². The fourth-order valence-corrected chi connectivity index (χ4v) is 4.42. The largest absolute Gasteiger partial charge is 0.329 e. The van der Waals surface area contributed by atoms with Crippen molar-refractivity contribution < 1.29 is 9.59 Å². The van der Waals surface area contributed by atoms with Crippen LogP contribution in [0.3, 0.4) is 0 Å². The fraction of sp³-hybridized carbons (Fsp3) is 0.391. The van der Waals surface area contributed by atoms with Crippen LogP contribution in [0, 0.1) is 29.6 Å². The van der Waals surface area contributed by atoms with E-state index < -0.39 is 0 Å². The van der Waals surface area contributed by atoms with E-state index in [1.54, 1.807) is 0 Å². The van der Waals surface area contributed by atoms with Crippen LogP contribution in [0.5, 0.6) is 0 Å². The number of nitrogens with zero attached hydrogens (tertiary/aromatic N) is 1. The summed E-state index contributed by atoms with van der Waals surface area (Å²) in [5.41, 5.74) is 7.84. The second kappa shape index (κ2) is 8.05. The van der Waals surface area contributed by atoms with Gasteiger partial charge in [-0.05, 0) is 11.5 Å². The van der Waals surface area contributed by atoms with Crippen molar-refractivity contribution >= 4 is 17.9 Å². The fourth-order valence-electron chi connectivity index (χ4n) is 4.42. The molecular formula is C23H28N2O2. The second-order valence-electron chi connectivity index (χ2n) is 7.64. The Hall–Kier alpha value is -2.46. The molecular weight excluding hydrogens is 336 g/mol. The lowest BCUT2D eigenvalue weighted by atomic mass is 9.88. The molecule has 3 rings (SSSR count). The molecule has 0 bridgehead atoms. The lowest BCUT2D eigenvalue weighted by Crippen LogP contribution is -2.37. The molecule has 1 aliphatic carbocycles. The van der Waals surface area contributed by atoms with E-state index in [0.717, 1.165) is 11.1 Å². The van der Waals surface area contributed by atoms with Gasteiger partial charge in [-0.25, -0.2) is 0 Å². The van der Waals surface area contributed by atoms with Gasteiger partial charge in [0, 0.05) is 24.9 Å². The molecule has 4 heteroatoms. The van der Waals surface area contributed by atoms with Gasteiger partial charge in [-0.1, -0.05) is 74.1 Å². The summed E-state index contributed by atoms with van der Waals surface area (Å²) >= 11 is 0. The predicted molar refractivity (Wildman–Crippen MR) is 108 cm³/mol. The Morgan fingerprint density at radius 1 is 1.11 bits per heavy atom. The van der Waals surface area contributed by atoms with Gasteiger partial charge in [-0.2, -0.15) is 0 Å². The van der Waals surface area contributed by atoms with Gasteiger partial charge in [0.15, 0.2) is 0 Å². The first kappa shape index (κ1) is 19.3. The van der Waals surface area contributed by atoms with Crippen molar-refractivity contribution in [1.82, 2.24) is 4.90 Å². The molecule has 4 atom stereocenters. The van der Waals surface area contributed by atoms with Gasteiger partial charge in [-0.3, -0.25) is 14.5 Å². The van der Waals surface area contributed by atoms with Crippen molar-refractivity contribution in [3.63, 3.8) is 0 Å². The molecule has 27 heavy (non-hydrogen) atoms. The van der Waals surface area contributed by atoms with E-state index in [2.05, 4.69) is 32.6 Å². The van der Waals surface area contributed by atoms with Gasteiger partial charge >= 0.3 is 0 Å². The van der Waals surface area contributed by atoms with E-state index in [9.17, 15) is 9.59 Å². The molecule has 4 nitrogen and oxygen atoms in total. The number of carbonyl (C=O) groups is 2. The van der Waals surface area contributed by atoms with Crippen LogP contribution in [0.1, 0.15) is 19.4 Å². The van der Waals surface area contributed by atoms with Crippen LogP contribution >= 0.6 is 0 Å². The molecule has 1 saturated heterocycles. The maximum Gasteiger partial charge on any atom is 0.234 e. The summed E-state index contributed by atoms with van der Waals surface area (Å²) in [7, 11) is 0. The molecule has 1 saturated carbocycles. The lowest BCUT2D eigenvalue weighted by molar-refractivity contribution is -0.140. The van der Waals surface area contributed by atoms with Crippen LogP contribution < -0.4 is 5.73 Å². The summed E-state index contributed by atoms with van der Waals surface area (Å²) in [6, 6.07) is 10.0. The van der Waals surface area contributed by atoms with Gasteiger partial charge < -0.3 is 5.73 Å². The Morgan fingerprint density at radius 3 is 2.30 bits per heavy atom. The van der Waals surface area contributed by atoms with Crippen LogP contribution in [-0.2, 0) is 9.59 Å². The molecule has 2 N–H and O–H groups in total. The number of hydrogen-bond donors (Lipinski definition) is 1. The Bertz CT molecular complexity index is 779. The number of carbonyl (C=O) groups excluding carboxylic acids is 2. The normalized spacial score (nSPS) is 29.3. The minimum Gasteiger partial charge on any atom is -0.329 e. The predicted octanol–water partition coefficient (Wildman–Crippen LogP) is 3.27. The van der Waals surface area contributed by atoms with Crippen LogP contribution in [0.4, 0.5) is 0 Å². The number of imide groups is 1. The molecule has 0 radical (unpaired) electrons. The molecule has 2 fully saturated rings. The van der Waals surface area contributed by atoms with E-state index in [1.807, 2.05) is 42.5 Å². The van der Waals surface area contributed by atoms with Crippen LogP contribution in [0.25, 0.3) is 6.08 Å². The van der Waals surface area contributed by atoms with Crippen molar-refractivity contribution in [2.45, 2.75) is 13.8 Å². The van der Waals surface area contributed by atoms with Crippen LogP contribution in [0.15, 0.2) is 60.7 Å². The Morgan fingerprint density at radius 2 is 1.74 bits per heavy atom. The Labute approximate surface area is 161 Å². The summed E-state index contributed by atoms with van der Waals surface area (Å²) in [6.45, 7) is 8.77. The number of likely N-dealkylation sites (tertiary alicyclic amines) is 1. The van der Waals surface area contributed by atoms with Gasteiger partial charge in [0.2, 0.25) is 11.8 Å². The minimum atomic E-state index is -0.364. The molecule has 1 heterocycles. The first-order chi connectivity index (χ1) is 13.0.